The number of hydrogen-bond donors (Lipinski definition) is 1. The van der Waals surface area contributed by atoms with Gasteiger partial charge in [0.05, 0.1) is 20.2 Å². The Labute approximate surface area is 117 Å². The second kappa shape index (κ2) is 8.27. The first-order chi connectivity index (χ1) is 9.51. The zero-order chi connectivity index (χ0) is 15.0. The molecule has 1 aromatic carbocycles. The van der Waals surface area contributed by atoms with Crippen LogP contribution in [-0.4, -0.2) is 50.6 Å². The molecule has 0 aliphatic carbocycles. The number of rotatable bonds is 7. The maximum atomic E-state index is 12.7. The molecule has 6 heteroatoms. The number of likely N-dealkylation sites (N-methyl/N-ethyl adjacent to an activating group) is 1. The molecule has 0 fully saturated rings. The highest BCUT2D eigenvalue weighted by Gasteiger charge is 2.10. The molecule has 0 aromatic heterocycles. The van der Waals surface area contributed by atoms with E-state index >= 15 is 0 Å². The van der Waals surface area contributed by atoms with Crippen molar-refractivity contribution in [3.05, 3.63) is 35.6 Å². The van der Waals surface area contributed by atoms with Crippen molar-refractivity contribution in [2.24, 2.45) is 0 Å². The molecule has 0 bridgehead atoms. The fourth-order valence-corrected chi connectivity index (χ4v) is 1.64. The number of halogens is 1. The molecule has 0 saturated carbocycles. The lowest BCUT2D eigenvalue weighted by Crippen LogP contribution is -2.38. The van der Waals surface area contributed by atoms with Gasteiger partial charge < -0.3 is 10.1 Å². The topological polar surface area (TPSA) is 58.6 Å². The lowest BCUT2D eigenvalue weighted by atomic mass is 10.1. The van der Waals surface area contributed by atoms with Gasteiger partial charge in [-0.2, -0.15) is 0 Å². The van der Waals surface area contributed by atoms with Crippen molar-refractivity contribution < 1.29 is 18.7 Å². The molecular weight excluding hydrogens is 263 g/mol. The van der Waals surface area contributed by atoms with E-state index in [9.17, 15) is 14.0 Å². The van der Waals surface area contributed by atoms with Crippen LogP contribution in [0, 0.1) is 5.82 Å². The van der Waals surface area contributed by atoms with E-state index < -0.39 is 0 Å². The zero-order valence-electron chi connectivity index (χ0n) is 11.7. The van der Waals surface area contributed by atoms with Crippen molar-refractivity contribution in [1.82, 2.24) is 10.2 Å². The van der Waals surface area contributed by atoms with E-state index in [1.54, 1.807) is 24.1 Å². The molecule has 0 aliphatic rings. The van der Waals surface area contributed by atoms with Gasteiger partial charge in [0.2, 0.25) is 5.91 Å². The summed E-state index contributed by atoms with van der Waals surface area (Å²) in [5.74, 6) is -0.827. The number of ether oxygens (including phenoxy) is 1. The molecule has 0 heterocycles. The second-order valence-electron chi connectivity index (χ2n) is 4.47. The lowest BCUT2D eigenvalue weighted by molar-refractivity contribution is -0.141. The summed E-state index contributed by atoms with van der Waals surface area (Å²) in [6.45, 7) is 0.664. The van der Waals surface area contributed by atoms with Crippen LogP contribution < -0.4 is 5.32 Å². The summed E-state index contributed by atoms with van der Waals surface area (Å²) >= 11 is 0. The molecule has 1 aromatic rings. The Morgan fingerprint density at radius 1 is 1.25 bits per heavy atom. The summed E-state index contributed by atoms with van der Waals surface area (Å²) in [7, 11) is 2.97. The molecule has 5 nitrogen and oxygen atoms in total. The van der Waals surface area contributed by atoms with Gasteiger partial charge in [0.1, 0.15) is 5.82 Å². The highest BCUT2D eigenvalue weighted by Crippen LogP contribution is 2.02. The summed E-state index contributed by atoms with van der Waals surface area (Å²) in [4.78, 5) is 24.2. The van der Waals surface area contributed by atoms with Crippen LogP contribution in [0.5, 0.6) is 0 Å². The molecule has 0 atom stereocenters. The number of nitrogens with one attached hydrogen (secondary N) is 1. The van der Waals surface area contributed by atoms with Gasteiger partial charge in [-0.25, -0.2) is 4.39 Å². The third-order valence-electron chi connectivity index (χ3n) is 2.69. The number of nitrogens with zero attached hydrogens (tertiary/aromatic N) is 1. The fraction of sp³-hybridized carbons (Fsp3) is 0.429. The Bertz CT molecular complexity index is 448. The molecule has 110 valence electrons. The van der Waals surface area contributed by atoms with Gasteiger partial charge in [-0.05, 0) is 31.2 Å². The Morgan fingerprint density at radius 3 is 2.50 bits per heavy atom. The Morgan fingerprint density at radius 2 is 1.90 bits per heavy atom. The van der Waals surface area contributed by atoms with Crippen LogP contribution in [0.25, 0.3) is 0 Å². The minimum atomic E-state index is -0.383. The number of hydrogen-bond acceptors (Lipinski definition) is 4. The number of methoxy groups -OCH3 is 1. The predicted octanol–water partition coefficient (Wildman–Crippen LogP) is 0.589. The summed E-state index contributed by atoms with van der Waals surface area (Å²) in [5.41, 5.74) is 0.953. The number of carbonyl (C=O) groups excluding carboxylic acids is 2. The van der Waals surface area contributed by atoms with Gasteiger partial charge in [0.25, 0.3) is 0 Å². The van der Waals surface area contributed by atoms with Crippen LogP contribution in [0.1, 0.15) is 5.56 Å². The number of amides is 1. The van der Waals surface area contributed by atoms with Crippen molar-refractivity contribution >= 4 is 11.9 Å². The van der Waals surface area contributed by atoms with Crippen molar-refractivity contribution in [2.75, 3.05) is 33.8 Å². The van der Waals surface area contributed by atoms with Crippen LogP contribution in [0.3, 0.4) is 0 Å². The summed E-state index contributed by atoms with van der Waals surface area (Å²) in [6.07, 6.45) is 0.632. The van der Waals surface area contributed by atoms with Gasteiger partial charge >= 0.3 is 5.97 Å². The van der Waals surface area contributed by atoms with Gasteiger partial charge in [-0.3, -0.25) is 14.5 Å². The number of esters is 1. The highest BCUT2D eigenvalue weighted by molar-refractivity contribution is 5.79. The first kappa shape index (κ1) is 16.1. The SMILES string of the molecule is COC(=O)CN(C)CC(=O)NCCc1ccc(F)cc1. The van der Waals surface area contributed by atoms with Crippen molar-refractivity contribution in [3.8, 4) is 0 Å². The minimum Gasteiger partial charge on any atom is -0.468 e. The van der Waals surface area contributed by atoms with E-state index in [1.165, 1.54) is 19.2 Å². The smallest absolute Gasteiger partial charge is 0.319 e. The van der Waals surface area contributed by atoms with E-state index in [4.69, 9.17) is 0 Å². The molecule has 20 heavy (non-hydrogen) atoms. The quantitative estimate of drug-likeness (QED) is 0.744. The van der Waals surface area contributed by atoms with Crippen molar-refractivity contribution in [1.29, 1.82) is 0 Å². The molecular formula is C14H19FN2O3. The van der Waals surface area contributed by atoms with Gasteiger partial charge in [-0.15, -0.1) is 0 Å². The molecule has 0 spiro atoms. The molecule has 1 N–H and O–H groups in total. The van der Waals surface area contributed by atoms with Crippen LogP contribution in [0.2, 0.25) is 0 Å². The normalized spacial score (nSPS) is 10.4. The maximum absolute atomic E-state index is 12.7. The van der Waals surface area contributed by atoms with Crippen LogP contribution in [0.4, 0.5) is 4.39 Å². The van der Waals surface area contributed by atoms with E-state index in [2.05, 4.69) is 10.1 Å². The van der Waals surface area contributed by atoms with Gasteiger partial charge in [0, 0.05) is 6.54 Å². The Kier molecular flexibility index (Phi) is 6.66. The summed E-state index contributed by atoms with van der Waals surface area (Å²) < 4.78 is 17.2. The largest absolute Gasteiger partial charge is 0.468 e. The number of carbonyl (C=O) groups is 2. The van der Waals surface area contributed by atoms with Crippen LogP contribution in [0.15, 0.2) is 24.3 Å². The van der Waals surface area contributed by atoms with Crippen LogP contribution >= 0.6 is 0 Å². The average molecular weight is 282 g/mol. The molecule has 1 amide bonds. The first-order valence-corrected chi connectivity index (χ1v) is 6.27. The second-order valence-corrected chi connectivity index (χ2v) is 4.47. The van der Waals surface area contributed by atoms with Crippen molar-refractivity contribution in [3.63, 3.8) is 0 Å². The molecule has 0 saturated heterocycles. The molecule has 0 aliphatic heterocycles. The molecule has 1 rings (SSSR count). The van der Waals surface area contributed by atoms with Gasteiger partial charge in [0.15, 0.2) is 0 Å². The van der Waals surface area contributed by atoms with Crippen molar-refractivity contribution in [2.45, 2.75) is 6.42 Å². The van der Waals surface area contributed by atoms with Crippen LogP contribution in [-0.2, 0) is 20.7 Å². The third-order valence-corrected chi connectivity index (χ3v) is 2.69. The molecule has 0 radical (unpaired) electrons. The first-order valence-electron chi connectivity index (χ1n) is 6.27. The van der Waals surface area contributed by atoms with E-state index in [0.717, 1.165) is 5.56 Å². The third kappa shape index (κ3) is 6.29. The van der Waals surface area contributed by atoms with E-state index in [0.29, 0.717) is 13.0 Å². The standard InChI is InChI=1S/C14H19FN2O3/c1-17(10-14(19)20-2)9-13(18)16-8-7-11-3-5-12(15)6-4-11/h3-6H,7-10H2,1-2H3,(H,16,18). The predicted molar refractivity (Wildman–Crippen MR) is 72.6 cm³/mol. The Balaban J connectivity index is 2.23. The lowest BCUT2D eigenvalue weighted by Gasteiger charge is -2.14. The summed E-state index contributed by atoms with van der Waals surface area (Å²) in [6, 6.07) is 6.15. The summed E-state index contributed by atoms with van der Waals surface area (Å²) in [5, 5.41) is 2.74. The maximum Gasteiger partial charge on any atom is 0.319 e. The monoisotopic (exact) mass is 282 g/mol. The van der Waals surface area contributed by atoms with Gasteiger partial charge in [-0.1, -0.05) is 12.1 Å². The number of benzene rings is 1. The highest BCUT2D eigenvalue weighted by atomic mass is 19.1. The molecule has 0 unspecified atom stereocenters. The van der Waals surface area contributed by atoms with E-state index in [1.807, 2.05) is 0 Å². The fourth-order valence-electron chi connectivity index (χ4n) is 1.64. The van der Waals surface area contributed by atoms with E-state index in [-0.39, 0.29) is 30.8 Å². The Hall–Kier alpha value is -1.95. The average Bonchev–Trinajstić information content (AvgIpc) is 2.40. The zero-order valence-corrected chi connectivity index (χ0v) is 11.7. The minimum absolute atomic E-state index is 0.0713.